The van der Waals surface area contributed by atoms with Crippen LogP contribution >= 0.6 is 0 Å². The van der Waals surface area contributed by atoms with E-state index >= 15 is 0 Å². The highest BCUT2D eigenvalue weighted by Crippen LogP contribution is 2.27. The second-order valence-electron chi connectivity index (χ2n) is 5.17. The average molecular weight is 259 g/mol. The second kappa shape index (κ2) is 4.83. The Bertz CT molecular complexity index is 350. The molecule has 1 aliphatic heterocycles. The molecule has 0 aliphatic carbocycles. The number of carboxylic acid groups (broad SMARTS) is 2. The van der Waals surface area contributed by atoms with Crippen molar-refractivity contribution in [2.45, 2.75) is 51.3 Å². The molecule has 1 fully saturated rings. The molecule has 2 atom stereocenters. The van der Waals surface area contributed by atoms with Crippen LogP contribution in [0.1, 0.15) is 33.6 Å². The molecule has 0 aromatic rings. The summed E-state index contributed by atoms with van der Waals surface area (Å²) in [6.45, 7) is 4.89. The molecule has 102 valence electrons. The van der Waals surface area contributed by atoms with Gasteiger partial charge in [0.05, 0.1) is 0 Å². The minimum absolute atomic E-state index is 0.117. The molecule has 18 heavy (non-hydrogen) atoms. The molecule has 1 rings (SSSR count). The number of ether oxygens (including phenoxy) is 1. The third-order valence-corrected chi connectivity index (χ3v) is 2.56. The van der Waals surface area contributed by atoms with Crippen molar-refractivity contribution in [3.8, 4) is 0 Å². The van der Waals surface area contributed by atoms with Crippen LogP contribution in [0.2, 0.25) is 0 Å². The Labute approximate surface area is 104 Å². The van der Waals surface area contributed by atoms with E-state index in [9.17, 15) is 14.4 Å². The average Bonchev–Trinajstić information content (AvgIpc) is 2.58. The molecular weight excluding hydrogens is 242 g/mol. The lowest BCUT2D eigenvalue weighted by Gasteiger charge is -2.29. The Hall–Kier alpha value is -1.79. The molecule has 1 amide bonds. The minimum Gasteiger partial charge on any atom is -0.480 e. The topological polar surface area (TPSA) is 104 Å². The third-order valence-electron chi connectivity index (χ3n) is 2.56. The first kappa shape index (κ1) is 14.3. The normalized spacial score (nSPS) is 23.8. The van der Waals surface area contributed by atoms with Crippen molar-refractivity contribution in [1.82, 2.24) is 4.90 Å². The smallest absolute Gasteiger partial charge is 0.411 e. The van der Waals surface area contributed by atoms with Gasteiger partial charge in [-0.1, -0.05) is 0 Å². The number of carbonyl (C=O) groups is 3. The largest absolute Gasteiger partial charge is 0.480 e. The predicted molar refractivity (Wildman–Crippen MR) is 60.2 cm³/mol. The Morgan fingerprint density at radius 1 is 1.06 bits per heavy atom. The summed E-state index contributed by atoms with van der Waals surface area (Å²) < 4.78 is 5.04. The summed E-state index contributed by atoms with van der Waals surface area (Å²) in [5.74, 6) is -2.44. The van der Waals surface area contributed by atoms with Crippen LogP contribution in [-0.4, -0.2) is 50.8 Å². The fraction of sp³-hybridized carbons (Fsp3) is 0.727. The van der Waals surface area contributed by atoms with Gasteiger partial charge in [-0.15, -0.1) is 0 Å². The summed E-state index contributed by atoms with van der Waals surface area (Å²) in [4.78, 5) is 34.7. The zero-order chi connectivity index (χ0) is 14.1. The van der Waals surface area contributed by atoms with Gasteiger partial charge in [-0.2, -0.15) is 0 Å². The van der Waals surface area contributed by atoms with Gasteiger partial charge in [0.25, 0.3) is 0 Å². The van der Waals surface area contributed by atoms with E-state index in [1.807, 2.05) is 0 Å². The van der Waals surface area contributed by atoms with Crippen LogP contribution in [0.3, 0.4) is 0 Å². The fourth-order valence-electron chi connectivity index (χ4n) is 1.87. The summed E-state index contributed by atoms with van der Waals surface area (Å²) in [7, 11) is 0. The lowest BCUT2D eigenvalue weighted by atomic mass is 10.2. The van der Waals surface area contributed by atoms with Crippen LogP contribution in [0.25, 0.3) is 0 Å². The van der Waals surface area contributed by atoms with Gasteiger partial charge in [0.1, 0.15) is 17.7 Å². The van der Waals surface area contributed by atoms with E-state index in [1.165, 1.54) is 0 Å². The lowest BCUT2D eigenvalue weighted by Crippen LogP contribution is -2.49. The molecule has 1 aliphatic rings. The highest BCUT2D eigenvalue weighted by atomic mass is 16.6. The number of nitrogens with zero attached hydrogens (tertiary/aromatic N) is 1. The summed E-state index contributed by atoms with van der Waals surface area (Å²) >= 11 is 0. The Balaban J connectivity index is 2.93. The number of amides is 1. The third kappa shape index (κ3) is 3.12. The summed E-state index contributed by atoms with van der Waals surface area (Å²) in [6, 6.07) is -2.28. The first-order valence-corrected chi connectivity index (χ1v) is 5.60. The van der Waals surface area contributed by atoms with Crippen molar-refractivity contribution in [2.75, 3.05) is 0 Å². The van der Waals surface area contributed by atoms with Crippen LogP contribution < -0.4 is 0 Å². The SMILES string of the molecule is CC(C)(C)OC(=O)N1[C@@H](C(=O)O)CC[C@@H]1C(=O)O. The van der Waals surface area contributed by atoms with Crippen LogP contribution in [-0.2, 0) is 14.3 Å². The Morgan fingerprint density at radius 2 is 1.44 bits per heavy atom. The summed E-state index contributed by atoms with van der Waals surface area (Å²) in [5.41, 5.74) is -0.800. The van der Waals surface area contributed by atoms with Crippen molar-refractivity contribution in [3.63, 3.8) is 0 Å². The number of hydrogen-bond acceptors (Lipinski definition) is 4. The zero-order valence-corrected chi connectivity index (χ0v) is 10.5. The number of rotatable bonds is 2. The van der Waals surface area contributed by atoms with Crippen molar-refractivity contribution >= 4 is 18.0 Å². The van der Waals surface area contributed by atoms with Crippen molar-refractivity contribution in [2.24, 2.45) is 0 Å². The van der Waals surface area contributed by atoms with Crippen molar-refractivity contribution in [1.29, 1.82) is 0 Å². The van der Waals surface area contributed by atoms with Gasteiger partial charge < -0.3 is 14.9 Å². The molecule has 1 saturated heterocycles. The zero-order valence-electron chi connectivity index (χ0n) is 10.5. The molecule has 7 heteroatoms. The molecule has 0 aromatic heterocycles. The standard InChI is InChI=1S/C11H17NO6/c1-11(2,3)18-10(17)12-6(8(13)14)4-5-7(12)9(15)16/h6-7H,4-5H2,1-3H3,(H,13,14)(H,15,16)/t6-,7-/m1/s1. The quantitative estimate of drug-likeness (QED) is 0.764. The summed E-state index contributed by atoms with van der Waals surface area (Å²) in [6.07, 6.45) is -0.670. The van der Waals surface area contributed by atoms with Crippen LogP contribution in [0, 0.1) is 0 Å². The molecule has 0 bridgehead atoms. The fourth-order valence-corrected chi connectivity index (χ4v) is 1.87. The van der Waals surface area contributed by atoms with Crippen LogP contribution in [0.4, 0.5) is 4.79 Å². The van der Waals surface area contributed by atoms with Gasteiger partial charge in [0.15, 0.2) is 0 Å². The Morgan fingerprint density at radius 3 is 1.72 bits per heavy atom. The number of carbonyl (C=O) groups excluding carboxylic acids is 1. The molecule has 0 aromatic carbocycles. The number of hydrogen-bond donors (Lipinski definition) is 2. The highest BCUT2D eigenvalue weighted by molar-refractivity contribution is 5.87. The van der Waals surface area contributed by atoms with Gasteiger partial charge in [0, 0.05) is 0 Å². The van der Waals surface area contributed by atoms with Crippen LogP contribution in [0.15, 0.2) is 0 Å². The number of aliphatic carboxylic acids is 2. The number of carboxylic acids is 2. The molecular formula is C11H17NO6. The van der Waals surface area contributed by atoms with Crippen molar-refractivity contribution in [3.05, 3.63) is 0 Å². The van der Waals surface area contributed by atoms with Gasteiger partial charge in [-0.25, -0.2) is 14.4 Å². The Kier molecular flexibility index (Phi) is 3.83. The first-order chi connectivity index (χ1) is 8.13. The maximum atomic E-state index is 11.9. The molecule has 1 heterocycles. The van der Waals surface area contributed by atoms with Gasteiger partial charge in [-0.3, -0.25) is 4.90 Å². The second-order valence-corrected chi connectivity index (χ2v) is 5.17. The maximum Gasteiger partial charge on any atom is 0.411 e. The molecule has 0 radical (unpaired) electrons. The first-order valence-electron chi connectivity index (χ1n) is 5.60. The van der Waals surface area contributed by atoms with Gasteiger partial charge in [0.2, 0.25) is 0 Å². The van der Waals surface area contributed by atoms with Crippen LogP contribution in [0.5, 0.6) is 0 Å². The number of likely N-dealkylation sites (tertiary alicyclic amines) is 1. The van der Waals surface area contributed by atoms with E-state index in [0.717, 1.165) is 4.90 Å². The molecule has 2 N–H and O–H groups in total. The summed E-state index contributed by atoms with van der Waals surface area (Å²) in [5, 5.41) is 18.0. The molecule has 0 spiro atoms. The van der Waals surface area contributed by atoms with E-state index in [2.05, 4.69) is 0 Å². The van der Waals surface area contributed by atoms with Crippen molar-refractivity contribution < 1.29 is 29.3 Å². The monoisotopic (exact) mass is 259 g/mol. The predicted octanol–water partition coefficient (Wildman–Crippen LogP) is 0.924. The van der Waals surface area contributed by atoms with Gasteiger partial charge >= 0.3 is 18.0 Å². The maximum absolute atomic E-state index is 11.9. The van der Waals surface area contributed by atoms with E-state index in [4.69, 9.17) is 14.9 Å². The minimum atomic E-state index is -1.22. The lowest BCUT2D eigenvalue weighted by molar-refractivity contribution is -0.146. The molecule has 0 unspecified atom stereocenters. The molecule has 7 nitrogen and oxygen atoms in total. The van der Waals surface area contributed by atoms with E-state index in [0.29, 0.717) is 0 Å². The van der Waals surface area contributed by atoms with E-state index in [1.54, 1.807) is 20.8 Å². The van der Waals surface area contributed by atoms with Gasteiger partial charge in [-0.05, 0) is 33.6 Å². The van der Waals surface area contributed by atoms with E-state index in [-0.39, 0.29) is 12.8 Å². The van der Waals surface area contributed by atoms with E-state index < -0.39 is 35.7 Å². The highest BCUT2D eigenvalue weighted by Gasteiger charge is 2.46. The molecule has 0 saturated carbocycles.